The van der Waals surface area contributed by atoms with Gasteiger partial charge in [-0.25, -0.2) is 18.7 Å². The largest absolute Gasteiger partial charge is 0.382 e. The van der Waals surface area contributed by atoms with E-state index >= 15 is 0 Å². The Bertz CT molecular complexity index is 733. The highest BCUT2D eigenvalue weighted by molar-refractivity contribution is 5.71. The average molecular weight is 261 g/mol. The maximum Gasteiger partial charge on any atom is 0.180 e. The van der Waals surface area contributed by atoms with E-state index in [1.165, 1.54) is 6.07 Å². The zero-order valence-corrected chi connectivity index (χ0v) is 9.64. The topological polar surface area (TPSA) is 68.2 Å². The van der Waals surface area contributed by atoms with Gasteiger partial charge in [0.1, 0.15) is 23.1 Å². The van der Waals surface area contributed by atoms with Gasteiger partial charge in [-0.1, -0.05) is 6.07 Å². The van der Waals surface area contributed by atoms with E-state index in [1.54, 1.807) is 23.0 Å². The molecular formula is C12H9F2N5. The first kappa shape index (κ1) is 11.4. The van der Waals surface area contributed by atoms with Gasteiger partial charge < -0.3 is 15.5 Å². The molecule has 0 saturated heterocycles. The fraction of sp³-hybridized carbons (Fsp3) is 0. The first-order chi connectivity index (χ1) is 9.15. The van der Waals surface area contributed by atoms with Gasteiger partial charge in [0.25, 0.3) is 0 Å². The van der Waals surface area contributed by atoms with Crippen LogP contribution in [0.2, 0.25) is 0 Å². The number of nitrogens with one attached hydrogen (secondary N) is 1. The minimum Gasteiger partial charge on any atom is -0.382 e. The summed E-state index contributed by atoms with van der Waals surface area (Å²) in [5, 5.41) is 2.59. The minimum atomic E-state index is -0.714. The van der Waals surface area contributed by atoms with Crippen molar-refractivity contribution in [2.75, 3.05) is 11.1 Å². The van der Waals surface area contributed by atoms with Gasteiger partial charge in [-0.05, 0) is 12.1 Å². The quantitative estimate of drug-likeness (QED) is 0.743. The average Bonchev–Trinajstić information content (AvgIpc) is 2.81. The number of para-hydroxylation sites is 1. The van der Waals surface area contributed by atoms with Crippen LogP contribution in [0, 0.1) is 11.6 Å². The maximum absolute atomic E-state index is 13.6. The summed E-state index contributed by atoms with van der Waals surface area (Å²) < 4.78 is 28.8. The molecule has 0 aliphatic carbocycles. The highest BCUT2D eigenvalue weighted by Gasteiger charge is 2.12. The number of halogens is 2. The SMILES string of the molecule is Nc1cn2ccnc2c(Nc2c(F)cccc2F)n1. The molecule has 0 unspecified atom stereocenters. The summed E-state index contributed by atoms with van der Waals surface area (Å²) in [7, 11) is 0. The third-order valence-corrected chi connectivity index (χ3v) is 2.60. The van der Waals surface area contributed by atoms with Crippen LogP contribution < -0.4 is 11.1 Å². The van der Waals surface area contributed by atoms with Gasteiger partial charge in [0, 0.05) is 12.4 Å². The molecule has 3 aromatic rings. The van der Waals surface area contributed by atoms with E-state index in [0.717, 1.165) is 12.1 Å². The number of anilines is 3. The lowest BCUT2D eigenvalue weighted by molar-refractivity contribution is 0.590. The lowest BCUT2D eigenvalue weighted by Crippen LogP contribution is -2.04. The Balaban J connectivity index is 2.13. The summed E-state index contributed by atoms with van der Waals surface area (Å²) in [6.45, 7) is 0. The smallest absolute Gasteiger partial charge is 0.180 e. The van der Waals surface area contributed by atoms with Crippen molar-refractivity contribution in [1.82, 2.24) is 14.4 Å². The Hall–Kier alpha value is -2.70. The van der Waals surface area contributed by atoms with E-state index in [-0.39, 0.29) is 17.3 Å². The van der Waals surface area contributed by atoms with Crippen molar-refractivity contribution in [3.63, 3.8) is 0 Å². The molecule has 7 heteroatoms. The van der Waals surface area contributed by atoms with Crippen LogP contribution in [0.5, 0.6) is 0 Å². The van der Waals surface area contributed by atoms with E-state index in [1.807, 2.05) is 0 Å². The van der Waals surface area contributed by atoms with Crippen LogP contribution in [0.1, 0.15) is 0 Å². The molecular weight excluding hydrogens is 252 g/mol. The van der Waals surface area contributed by atoms with Crippen LogP contribution in [0.15, 0.2) is 36.8 Å². The van der Waals surface area contributed by atoms with Crippen molar-refractivity contribution in [2.24, 2.45) is 0 Å². The predicted octanol–water partition coefficient (Wildman–Crippen LogP) is 2.33. The molecule has 2 heterocycles. The zero-order chi connectivity index (χ0) is 13.4. The summed E-state index contributed by atoms with van der Waals surface area (Å²) >= 11 is 0. The Morgan fingerprint density at radius 2 is 1.95 bits per heavy atom. The number of benzene rings is 1. The van der Waals surface area contributed by atoms with Crippen molar-refractivity contribution in [3.05, 3.63) is 48.4 Å². The first-order valence-corrected chi connectivity index (χ1v) is 5.45. The van der Waals surface area contributed by atoms with Gasteiger partial charge in [-0.2, -0.15) is 0 Å². The van der Waals surface area contributed by atoms with Gasteiger partial charge in [-0.3, -0.25) is 0 Å². The molecule has 0 aliphatic rings. The van der Waals surface area contributed by atoms with Gasteiger partial charge in [0.2, 0.25) is 0 Å². The van der Waals surface area contributed by atoms with Crippen LogP contribution in [-0.4, -0.2) is 14.4 Å². The van der Waals surface area contributed by atoms with Crippen molar-refractivity contribution in [3.8, 4) is 0 Å². The van der Waals surface area contributed by atoms with E-state index in [2.05, 4.69) is 15.3 Å². The van der Waals surface area contributed by atoms with Crippen LogP contribution in [0.3, 0.4) is 0 Å². The Kier molecular flexibility index (Phi) is 2.52. The van der Waals surface area contributed by atoms with E-state index in [4.69, 9.17) is 5.73 Å². The van der Waals surface area contributed by atoms with Crippen molar-refractivity contribution >= 4 is 23.0 Å². The van der Waals surface area contributed by atoms with Crippen molar-refractivity contribution in [2.45, 2.75) is 0 Å². The minimum absolute atomic E-state index is 0.189. The molecule has 0 fully saturated rings. The normalized spacial score (nSPS) is 10.8. The van der Waals surface area contributed by atoms with Crippen molar-refractivity contribution < 1.29 is 8.78 Å². The van der Waals surface area contributed by atoms with Crippen LogP contribution in [-0.2, 0) is 0 Å². The molecule has 3 rings (SSSR count). The standard InChI is InChI=1S/C12H9F2N5/c13-7-2-1-3-8(14)10(7)18-11-12-16-4-5-19(12)6-9(15)17-11/h1-6H,15H2,(H,17,18). The molecule has 0 saturated carbocycles. The second-order valence-corrected chi connectivity index (χ2v) is 3.89. The van der Waals surface area contributed by atoms with Crippen LogP contribution in [0.25, 0.3) is 5.65 Å². The second-order valence-electron chi connectivity index (χ2n) is 3.89. The van der Waals surface area contributed by atoms with E-state index in [0.29, 0.717) is 5.65 Å². The number of nitrogen functional groups attached to an aromatic ring is 1. The highest BCUT2D eigenvalue weighted by atomic mass is 19.1. The highest BCUT2D eigenvalue weighted by Crippen LogP contribution is 2.24. The Morgan fingerprint density at radius 1 is 1.21 bits per heavy atom. The lowest BCUT2D eigenvalue weighted by atomic mass is 10.3. The van der Waals surface area contributed by atoms with Gasteiger partial charge in [-0.15, -0.1) is 0 Å². The summed E-state index contributed by atoms with van der Waals surface area (Å²) in [6, 6.07) is 3.59. The van der Waals surface area contributed by atoms with Crippen LogP contribution >= 0.6 is 0 Å². The zero-order valence-electron chi connectivity index (χ0n) is 9.64. The summed E-state index contributed by atoms with van der Waals surface area (Å²) in [5.41, 5.74) is 5.77. The number of hydrogen-bond donors (Lipinski definition) is 2. The number of hydrogen-bond acceptors (Lipinski definition) is 4. The molecule has 0 bridgehead atoms. The third-order valence-electron chi connectivity index (χ3n) is 2.60. The Labute approximate surface area is 106 Å². The molecule has 5 nitrogen and oxygen atoms in total. The molecule has 96 valence electrons. The molecule has 3 N–H and O–H groups in total. The molecule has 0 radical (unpaired) electrons. The van der Waals surface area contributed by atoms with Crippen LogP contribution in [0.4, 0.5) is 26.1 Å². The third kappa shape index (κ3) is 1.95. The van der Waals surface area contributed by atoms with E-state index < -0.39 is 11.6 Å². The summed E-state index contributed by atoms with van der Waals surface area (Å²) in [5.74, 6) is -1.03. The monoisotopic (exact) mass is 261 g/mol. The van der Waals surface area contributed by atoms with Gasteiger partial charge in [0.15, 0.2) is 11.5 Å². The number of imidazole rings is 1. The molecule has 19 heavy (non-hydrogen) atoms. The molecule has 0 atom stereocenters. The molecule has 0 spiro atoms. The molecule has 0 aliphatic heterocycles. The van der Waals surface area contributed by atoms with Crippen molar-refractivity contribution in [1.29, 1.82) is 0 Å². The summed E-state index contributed by atoms with van der Waals surface area (Å²) in [4.78, 5) is 8.05. The maximum atomic E-state index is 13.6. The molecule has 2 aromatic heterocycles. The second kappa shape index (κ2) is 4.20. The van der Waals surface area contributed by atoms with Gasteiger partial charge in [0.05, 0.1) is 6.20 Å². The Morgan fingerprint density at radius 3 is 2.68 bits per heavy atom. The number of rotatable bonds is 2. The fourth-order valence-electron chi connectivity index (χ4n) is 1.77. The lowest BCUT2D eigenvalue weighted by Gasteiger charge is -2.09. The number of nitrogens with zero attached hydrogens (tertiary/aromatic N) is 3. The predicted molar refractivity (Wildman–Crippen MR) is 67.0 cm³/mol. The molecule has 0 amide bonds. The summed E-state index contributed by atoms with van der Waals surface area (Å²) in [6.07, 6.45) is 4.76. The number of aromatic nitrogens is 3. The number of nitrogens with two attached hydrogens (primary N) is 1. The van der Waals surface area contributed by atoms with E-state index in [9.17, 15) is 8.78 Å². The first-order valence-electron chi connectivity index (χ1n) is 5.45. The van der Waals surface area contributed by atoms with Gasteiger partial charge >= 0.3 is 0 Å². The fourth-order valence-corrected chi connectivity index (χ4v) is 1.77. The number of fused-ring (bicyclic) bond motifs is 1. The molecule has 1 aromatic carbocycles.